The van der Waals surface area contributed by atoms with Crippen LogP contribution >= 0.6 is 7.82 Å². The molecular weight excluding hydrogens is 458 g/mol. The van der Waals surface area contributed by atoms with E-state index in [2.05, 4.69) is 29.5 Å². The van der Waals surface area contributed by atoms with Gasteiger partial charge in [0.25, 0.3) is 0 Å². The van der Waals surface area contributed by atoms with Crippen LogP contribution in [0.3, 0.4) is 0 Å². The van der Waals surface area contributed by atoms with Crippen LogP contribution in [0.15, 0.2) is 41.8 Å². The zero-order valence-corrected chi connectivity index (χ0v) is 17.5. The van der Waals surface area contributed by atoms with Crippen molar-refractivity contribution in [1.29, 1.82) is 0 Å². The van der Waals surface area contributed by atoms with Gasteiger partial charge in [0.15, 0.2) is 23.2 Å². The van der Waals surface area contributed by atoms with E-state index in [1.165, 1.54) is 10.9 Å². The number of fused-ring (bicyclic) bond motifs is 2. The molecule has 2 saturated heterocycles. The molecule has 2 aromatic heterocycles. The molecule has 4 heterocycles. The lowest BCUT2D eigenvalue weighted by molar-refractivity contribution is -0.0554. The second-order valence-corrected chi connectivity index (χ2v) is 8.44. The molecule has 33 heavy (non-hydrogen) atoms. The zero-order valence-electron chi connectivity index (χ0n) is 16.6. The summed E-state index contributed by atoms with van der Waals surface area (Å²) in [6.45, 7) is -0.479. The predicted octanol–water partition coefficient (Wildman–Crippen LogP) is 0.536. The number of nitrogen functional groups attached to an aromatic ring is 1. The molecule has 4 N–H and O–H groups in total. The highest BCUT2D eigenvalue weighted by Gasteiger charge is 2.56. The fourth-order valence-corrected chi connectivity index (χ4v) is 4.22. The Morgan fingerprint density at radius 2 is 2.03 bits per heavy atom. The first kappa shape index (κ1) is 21.8. The molecule has 0 bridgehead atoms. The Labute approximate surface area is 185 Å². The van der Waals surface area contributed by atoms with Crippen LogP contribution < -0.4 is 11.2 Å². The SMILES string of the molecule is [N-]=[N+]=Nc1nc2c(N)ncnc2n1[C@@H]1O[C@H](COP(=O)(O)O)[C@H]2OB(c3ccccc3)O[C@H]21. The highest BCUT2D eigenvalue weighted by molar-refractivity contribution is 7.46. The lowest BCUT2D eigenvalue weighted by Crippen LogP contribution is -2.36. The standard InChI is InChI=1S/C16H16BN8O7P/c18-13-10-14(21-7-20-13)25(16(22-10)23-24-19)15-12-11(9(30-15)6-29-33(26,27)28)31-17(32-12)8-4-2-1-3-5-8/h1-5,7,9,11-12,15H,6H2,(H2,18,20,21)(H2,26,27,28)/t9-,11-,12-,15-/m1/s1. The third-order valence-electron chi connectivity index (χ3n) is 5.20. The van der Waals surface area contributed by atoms with E-state index in [9.17, 15) is 4.57 Å². The highest BCUT2D eigenvalue weighted by atomic mass is 31.2. The Bertz CT molecular complexity index is 1280. The lowest BCUT2D eigenvalue weighted by Gasteiger charge is -2.21. The van der Waals surface area contributed by atoms with Gasteiger partial charge in [-0.15, -0.1) is 0 Å². The van der Waals surface area contributed by atoms with Gasteiger partial charge in [-0.1, -0.05) is 30.3 Å². The molecule has 0 saturated carbocycles. The predicted molar refractivity (Wildman–Crippen MR) is 112 cm³/mol. The van der Waals surface area contributed by atoms with E-state index < -0.39 is 46.1 Å². The summed E-state index contributed by atoms with van der Waals surface area (Å²) >= 11 is 0. The van der Waals surface area contributed by atoms with E-state index in [0.717, 1.165) is 5.46 Å². The average Bonchev–Trinajstić information content (AvgIpc) is 3.45. The number of anilines is 1. The van der Waals surface area contributed by atoms with Crippen molar-refractivity contribution in [2.24, 2.45) is 5.11 Å². The van der Waals surface area contributed by atoms with Gasteiger partial charge in [-0.3, -0.25) is 9.09 Å². The van der Waals surface area contributed by atoms with Crippen LogP contribution in [0, 0.1) is 0 Å². The molecule has 17 heteroatoms. The molecule has 3 aromatic rings. The molecule has 0 radical (unpaired) electrons. The van der Waals surface area contributed by atoms with Crippen LogP contribution in [0.2, 0.25) is 0 Å². The number of imidazole rings is 1. The molecule has 170 valence electrons. The summed E-state index contributed by atoms with van der Waals surface area (Å²) in [5.74, 6) is -0.0402. The monoisotopic (exact) mass is 474 g/mol. The Balaban J connectivity index is 1.56. The Hall–Kier alpha value is -3.07. The number of nitrogens with two attached hydrogens (primary N) is 1. The Kier molecular flexibility index (Phi) is 5.52. The van der Waals surface area contributed by atoms with Crippen LogP contribution in [-0.4, -0.2) is 61.3 Å². The van der Waals surface area contributed by atoms with Crippen molar-refractivity contribution < 1.29 is 32.9 Å². The van der Waals surface area contributed by atoms with Crippen LogP contribution in [0.5, 0.6) is 0 Å². The van der Waals surface area contributed by atoms with Gasteiger partial charge in [0, 0.05) is 4.91 Å². The number of rotatable bonds is 6. The third-order valence-corrected chi connectivity index (χ3v) is 5.69. The minimum absolute atomic E-state index is 0.0646. The number of phosphoric ester groups is 1. The van der Waals surface area contributed by atoms with Crippen LogP contribution in [0.4, 0.5) is 11.8 Å². The van der Waals surface area contributed by atoms with Crippen LogP contribution in [-0.2, 0) is 23.1 Å². The first-order chi connectivity index (χ1) is 15.9. The molecule has 1 aromatic carbocycles. The number of benzene rings is 1. The molecule has 0 unspecified atom stereocenters. The van der Waals surface area contributed by atoms with Crippen LogP contribution in [0.25, 0.3) is 21.6 Å². The van der Waals surface area contributed by atoms with Crippen molar-refractivity contribution in [2.45, 2.75) is 24.5 Å². The molecule has 2 fully saturated rings. The number of nitrogens with zero attached hydrogens (tertiary/aromatic N) is 7. The molecule has 0 spiro atoms. The van der Waals surface area contributed by atoms with Crippen molar-refractivity contribution in [3.8, 4) is 0 Å². The number of azide groups is 1. The summed E-state index contributed by atoms with van der Waals surface area (Å²) in [5.41, 5.74) is 16.1. The van der Waals surface area contributed by atoms with Gasteiger partial charge >= 0.3 is 14.9 Å². The number of aromatic nitrogens is 4. The minimum Gasteiger partial charge on any atom is -0.399 e. The van der Waals surface area contributed by atoms with Crippen LogP contribution in [0.1, 0.15) is 6.23 Å². The van der Waals surface area contributed by atoms with Gasteiger partial charge in [-0.2, -0.15) is 0 Å². The largest absolute Gasteiger partial charge is 0.494 e. The number of hydrogen-bond acceptors (Lipinski definition) is 10. The van der Waals surface area contributed by atoms with E-state index in [1.807, 2.05) is 30.3 Å². The van der Waals surface area contributed by atoms with E-state index in [0.29, 0.717) is 0 Å². The summed E-state index contributed by atoms with van der Waals surface area (Å²) in [6.07, 6.45) is -2.27. The summed E-state index contributed by atoms with van der Waals surface area (Å²) in [5, 5.41) is 3.61. The van der Waals surface area contributed by atoms with Gasteiger partial charge in [0.2, 0.25) is 5.95 Å². The van der Waals surface area contributed by atoms with Gasteiger partial charge in [-0.25, -0.2) is 19.5 Å². The molecule has 2 aliphatic rings. The number of hydrogen-bond donors (Lipinski definition) is 3. The summed E-state index contributed by atoms with van der Waals surface area (Å²) < 4.78 is 35.5. The van der Waals surface area contributed by atoms with Crippen molar-refractivity contribution in [1.82, 2.24) is 19.5 Å². The maximum atomic E-state index is 11.3. The molecule has 5 rings (SSSR count). The first-order valence-corrected chi connectivity index (χ1v) is 11.1. The van der Waals surface area contributed by atoms with Gasteiger partial charge in [-0.05, 0) is 16.1 Å². The summed E-state index contributed by atoms with van der Waals surface area (Å²) in [7, 11) is -5.55. The quantitative estimate of drug-likeness (QED) is 0.147. The fourth-order valence-electron chi connectivity index (χ4n) is 3.87. The molecule has 4 atom stereocenters. The molecule has 0 amide bonds. The van der Waals surface area contributed by atoms with Crippen molar-refractivity contribution in [3.63, 3.8) is 0 Å². The summed E-state index contributed by atoms with van der Waals surface area (Å²) in [6, 6.07) is 9.11. The van der Waals surface area contributed by atoms with Crippen molar-refractivity contribution in [3.05, 3.63) is 47.1 Å². The second-order valence-electron chi connectivity index (χ2n) is 7.20. The zero-order chi connectivity index (χ0) is 23.2. The third kappa shape index (κ3) is 4.06. The normalized spacial score (nSPS) is 24.7. The number of ether oxygens (including phenoxy) is 1. The molecule has 15 nitrogen and oxygen atoms in total. The molecule has 0 aliphatic carbocycles. The maximum Gasteiger partial charge on any atom is 0.494 e. The first-order valence-electron chi connectivity index (χ1n) is 9.60. The topological polar surface area (TPSA) is 213 Å². The minimum atomic E-state index is -4.77. The average molecular weight is 474 g/mol. The van der Waals surface area contributed by atoms with E-state index in [4.69, 9.17) is 35.1 Å². The van der Waals surface area contributed by atoms with Gasteiger partial charge in [0.05, 0.1) is 6.61 Å². The second kappa shape index (κ2) is 8.37. The summed E-state index contributed by atoms with van der Waals surface area (Å²) in [4.78, 5) is 33.4. The van der Waals surface area contributed by atoms with E-state index in [1.54, 1.807) is 0 Å². The maximum absolute atomic E-state index is 11.3. The Morgan fingerprint density at radius 3 is 2.76 bits per heavy atom. The fraction of sp³-hybridized carbons (Fsp3) is 0.312. The molecule has 2 aliphatic heterocycles. The van der Waals surface area contributed by atoms with Crippen molar-refractivity contribution >= 4 is 43.3 Å². The lowest BCUT2D eigenvalue weighted by atomic mass is 9.79. The van der Waals surface area contributed by atoms with Gasteiger partial charge in [0.1, 0.15) is 24.6 Å². The number of phosphoric acid groups is 1. The highest BCUT2D eigenvalue weighted by Crippen LogP contribution is 2.44. The van der Waals surface area contributed by atoms with Crippen molar-refractivity contribution in [2.75, 3.05) is 12.3 Å². The Morgan fingerprint density at radius 1 is 1.27 bits per heavy atom. The van der Waals surface area contributed by atoms with Gasteiger partial charge < -0.3 is 29.6 Å². The molecular formula is C16H16BN8O7P. The van der Waals surface area contributed by atoms with E-state index >= 15 is 0 Å². The van der Waals surface area contributed by atoms with E-state index in [-0.39, 0.29) is 22.9 Å². The smallest absolute Gasteiger partial charge is 0.399 e.